The molecule has 2 amide bonds. The lowest BCUT2D eigenvalue weighted by atomic mass is 10.0. The Balaban J connectivity index is 1.66. The summed E-state index contributed by atoms with van der Waals surface area (Å²) in [5.41, 5.74) is 2.43. The highest BCUT2D eigenvalue weighted by Crippen LogP contribution is 2.28. The first-order valence-electron chi connectivity index (χ1n) is 10.4. The van der Waals surface area contributed by atoms with Gasteiger partial charge in [0.05, 0.1) is 10.8 Å². The summed E-state index contributed by atoms with van der Waals surface area (Å²) < 4.78 is 27.0. The van der Waals surface area contributed by atoms with Crippen molar-refractivity contribution >= 4 is 33.2 Å². The van der Waals surface area contributed by atoms with Crippen molar-refractivity contribution in [3.05, 3.63) is 54.1 Å². The van der Waals surface area contributed by atoms with Gasteiger partial charge in [0.1, 0.15) is 0 Å². The first kappa shape index (κ1) is 23.0. The summed E-state index contributed by atoms with van der Waals surface area (Å²) >= 11 is 0. The number of sulfonamides is 1. The third kappa shape index (κ3) is 5.51. The lowest BCUT2D eigenvalue weighted by Crippen LogP contribution is -2.30. The summed E-state index contributed by atoms with van der Waals surface area (Å²) in [5.74, 6) is -0.463. The Morgan fingerprint density at radius 2 is 1.74 bits per heavy atom. The third-order valence-electron chi connectivity index (χ3n) is 5.17. The van der Waals surface area contributed by atoms with Crippen molar-refractivity contribution in [2.24, 2.45) is 5.92 Å². The van der Waals surface area contributed by atoms with Gasteiger partial charge in [-0.2, -0.15) is 0 Å². The summed E-state index contributed by atoms with van der Waals surface area (Å²) in [4.78, 5) is 27.0. The van der Waals surface area contributed by atoms with Gasteiger partial charge >= 0.3 is 0 Å². The number of nitrogens with one attached hydrogen (secondary N) is 2. The van der Waals surface area contributed by atoms with Gasteiger partial charge in [0.15, 0.2) is 0 Å². The Bertz CT molecular complexity index is 1060. The molecule has 1 aliphatic rings. The van der Waals surface area contributed by atoms with E-state index in [0.717, 1.165) is 11.3 Å². The molecule has 1 saturated heterocycles. The topological polar surface area (TPSA) is 95.6 Å². The number of anilines is 2. The van der Waals surface area contributed by atoms with Crippen LogP contribution < -0.4 is 14.9 Å². The second kappa shape index (κ2) is 9.20. The molecule has 166 valence electrons. The van der Waals surface area contributed by atoms with E-state index in [1.807, 2.05) is 24.3 Å². The number of carbonyl (C=O) groups is 2. The van der Waals surface area contributed by atoms with Crippen LogP contribution in [0.15, 0.2) is 53.4 Å². The minimum absolute atomic E-state index is 0.0812. The molecule has 1 atom stereocenters. The maximum atomic E-state index is 12.7. The van der Waals surface area contributed by atoms with E-state index < -0.39 is 15.9 Å². The standard InChI is InChI=1S/C23H29N3O4S/c1-15(2)17-6-5-7-20(12-17)26-14-18(13-22(26)27)23(28)24-19-8-10-21(11-9-19)31(29,30)25-16(3)4/h5-12,15-16,18,25H,13-14H2,1-4H3,(H,24,28). The Labute approximate surface area is 183 Å². The SMILES string of the molecule is CC(C)NS(=O)(=O)c1ccc(NC(=O)C2CC(=O)N(c3cccc(C(C)C)c3)C2)cc1. The number of carbonyl (C=O) groups excluding carboxylic acids is 2. The summed E-state index contributed by atoms with van der Waals surface area (Å²) in [6, 6.07) is 13.6. The molecule has 2 N–H and O–H groups in total. The first-order chi connectivity index (χ1) is 14.6. The molecule has 0 radical (unpaired) electrons. The van der Waals surface area contributed by atoms with Crippen molar-refractivity contribution < 1.29 is 18.0 Å². The molecule has 1 fully saturated rings. The van der Waals surface area contributed by atoms with Gasteiger partial charge in [0, 0.05) is 30.4 Å². The van der Waals surface area contributed by atoms with Crippen molar-refractivity contribution in [2.45, 2.75) is 51.0 Å². The Morgan fingerprint density at radius 3 is 2.35 bits per heavy atom. The molecule has 0 aromatic heterocycles. The van der Waals surface area contributed by atoms with Crippen LogP contribution in [0.3, 0.4) is 0 Å². The zero-order valence-electron chi connectivity index (χ0n) is 18.3. The van der Waals surface area contributed by atoms with Crippen molar-refractivity contribution in [3.8, 4) is 0 Å². The van der Waals surface area contributed by atoms with Crippen LogP contribution >= 0.6 is 0 Å². The maximum absolute atomic E-state index is 12.7. The van der Waals surface area contributed by atoms with Crippen LogP contribution in [0.5, 0.6) is 0 Å². The summed E-state index contributed by atoms with van der Waals surface area (Å²) in [7, 11) is -3.59. The van der Waals surface area contributed by atoms with Crippen molar-refractivity contribution in [2.75, 3.05) is 16.8 Å². The van der Waals surface area contributed by atoms with Crippen LogP contribution in [0.4, 0.5) is 11.4 Å². The van der Waals surface area contributed by atoms with Crippen LogP contribution in [0.25, 0.3) is 0 Å². The van der Waals surface area contributed by atoms with Gasteiger partial charge in [-0.25, -0.2) is 13.1 Å². The molecule has 0 spiro atoms. The fourth-order valence-corrected chi connectivity index (χ4v) is 4.78. The molecule has 1 heterocycles. The fourth-order valence-electron chi connectivity index (χ4n) is 3.52. The molecule has 2 aromatic carbocycles. The lowest BCUT2D eigenvalue weighted by molar-refractivity contribution is -0.122. The second-order valence-electron chi connectivity index (χ2n) is 8.44. The van der Waals surface area contributed by atoms with Crippen LogP contribution in [0.1, 0.15) is 45.6 Å². The molecule has 0 bridgehead atoms. The van der Waals surface area contributed by atoms with Crippen molar-refractivity contribution in [3.63, 3.8) is 0 Å². The smallest absolute Gasteiger partial charge is 0.240 e. The minimum atomic E-state index is -3.59. The molecule has 1 aliphatic heterocycles. The molecule has 7 nitrogen and oxygen atoms in total. The molecular weight excluding hydrogens is 414 g/mol. The Kier molecular flexibility index (Phi) is 6.81. The van der Waals surface area contributed by atoms with Gasteiger partial charge in [0.25, 0.3) is 0 Å². The van der Waals surface area contributed by atoms with E-state index in [1.165, 1.54) is 12.1 Å². The highest BCUT2D eigenvalue weighted by molar-refractivity contribution is 7.89. The van der Waals surface area contributed by atoms with E-state index in [0.29, 0.717) is 18.2 Å². The van der Waals surface area contributed by atoms with Crippen LogP contribution in [0, 0.1) is 5.92 Å². The van der Waals surface area contributed by atoms with E-state index in [4.69, 9.17) is 0 Å². The second-order valence-corrected chi connectivity index (χ2v) is 10.2. The first-order valence-corrected chi connectivity index (χ1v) is 11.9. The number of benzene rings is 2. The Morgan fingerprint density at radius 1 is 1.06 bits per heavy atom. The average Bonchev–Trinajstić information content (AvgIpc) is 3.09. The largest absolute Gasteiger partial charge is 0.326 e. The van der Waals surface area contributed by atoms with E-state index in [2.05, 4.69) is 23.9 Å². The maximum Gasteiger partial charge on any atom is 0.240 e. The van der Waals surface area contributed by atoms with E-state index in [1.54, 1.807) is 30.9 Å². The molecule has 31 heavy (non-hydrogen) atoms. The number of amides is 2. The van der Waals surface area contributed by atoms with Gasteiger partial charge < -0.3 is 10.2 Å². The van der Waals surface area contributed by atoms with Gasteiger partial charge in [-0.15, -0.1) is 0 Å². The molecule has 0 saturated carbocycles. The van der Waals surface area contributed by atoms with Gasteiger partial charge in [-0.05, 0) is 61.7 Å². The quantitative estimate of drug-likeness (QED) is 0.685. The molecule has 8 heteroatoms. The monoisotopic (exact) mass is 443 g/mol. The summed E-state index contributed by atoms with van der Waals surface area (Å²) in [6.45, 7) is 8.00. The normalized spacial score (nSPS) is 16.9. The molecular formula is C23H29N3O4S. The number of rotatable bonds is 7. The zero-order chi connectivity index (χ0) is 22.8. The van der Waals surface area contributed by atoms with Crippen molar-refractivity contribution in [1.29, 1.82) is 0 Å². The lowest BCUT2D eigenvalue weighted by Gasteiger charge is -2.18. The van der Waals surface area contributed by atoms with E-state index in [-0.39, 0.29) is 29.2 Å². The number of hydrogen-bond donors (Lipinski definition) is 2. The highest BCUT2D eigenvalue weighted by Gasteiger charge is 2.35. The Hall–Kier alpha value is -2.71. The molecule has 3 rings (SSSR count). The van der Waals surface area contributed by atoms with Crippen LogP contribution in [0.2, 0.25) is 0 Å². The predicted octanol–water partition coefficient (Wildman–Crippen LogP) is 3.49. The van der Waals surface area contributed by atoms with E-state index >= 15 is 0 Å². The number of hydrogen-bond acceptors (Lipinski definition) is 4. The van der Waals surface area contributed by atoms with E-state index in [9.17, 15) is 18.0 Å². The zero-order valence-corrected chi connectivity index (χ0v) is 19.1. The van der Waals surface area contributed by atoms with Crippen LogP contribution in [-0.2, 0) is 19.6 Å². The molecule has 0 aliphatic carbocycles. The third-order valence-corrected chi connectivity index (χ3v) is 6.84. The fraction of sp³-hybridized carbons (Fsp3) is 0.391. The van der Waals surface area contributed by atoms with Gasteiger partial charge in [0.2, 0.25) is 21.8 Å². The highest BCUT2D eigenvalue weighted by atomic mass is 32.2. The number of nitrogens with zero attached hydrogens (tertiary/aromatic N) is 1. The van der Waals surface area contributed by atoms with Crippen LogP contribution in [-0.4, -0.2) is 32.8 Å². The van der Waals surface area contributed by atoms with Gasteiger partial charge in [-0.3, -0.25) is 9.59 Å². The van der Waals surface area contributed by atoms with Gasteiger partial charge in [-0.1, -0.05) is 26.0 Å². The minimum Gasteiger partial charge on any atom is -0.326 e. The molecule has 2 aromatic rings. The summed E-state index contributed by atoms with van der Waals surface area (Å²) in [5, 5.41) is 2.79. The molecule has 1 unspecified atom stereocenters. The predicted molar refractivity (Wildman–Crippen MR) is 122 cm³/mol. The average molecular weight is 444 g/mol. The van der Waals surface area contributed by atoms with Crippen molar-refractivity contribution in [1.82, 2.24) is 4.72 Å². The summed E-state index contributed by atoms with van der Waals surface area (Å²) in [6.07, 6.45) is 0.141.